The summed E-state index contributed by atoms with van der Waals surface area (Å²) in [5.41, 5.74) is 1.29. The van der Waals surface area contributed by atoms with Crippen molar-refractivity contribution >= 4 is 49.9 Å². The van der Waals surface area contributed by atoms with Gasteiger partial charge in [-0.3, -0.25) is 0 Å². The largest absolute Gasteiger partial charge is 0.366 e. The summed E-state index contributed by atoms with van der Waals surface area (Å²) < 4.78 is 24.3. The van der Waals surface area contributed by atoms with Crippen molar-refractivity contribution in [3.63, 3.8) is 0 Å². The van der Waals surface area contributed by atoms with Gasteiger partial charge < -0.3 is 9.88 Å². The third-order valence-corrected chi connectivity index (χ3v) is 5.27. The summed E-state index contributed by atoms with van der Waals surface area (Å²) in [6, 6.07) is 4.87. The molecule has 132 valence electrons. The molecular weight excluding hydrogens is 385 g/mol. The summed E-state index contributed by atoms with van der Waals surface area (Å²) in [5, 5.41) is 9.62. The average molecular weight is 400 g/mol. The molecule has 3 N–H and O–H groups in total. The first kappa shape index (κ1) is 17.9. The molecule has 1 aromatic carbocycles. The minimum Gasteiger partial charge on any atom is -0.366 e. The Morgan fingerprint density at radius 1 is 1.36 bits per heavy atom. The Morgan fingerprint density at radius 3 is 2.76 bits per heavy atom. The molecule has 2 heterocycles. The maximum absolute atomic E-state index is 11.3. The molecule has 0 amide bonds. The Hall–Kier alpha value is -1.87. The van der Waals surface area contributed by atoms with Gasteiger partial charge in [0.25, 0.3) is 0 Å². The van der Waals surface area contributed by atoms with Gasteiger partial charge in [0.15, 0.2) is 0 Å². The minimum absolute atomic E-state index is 0.226. The van der Waals surface area contributed by atoms with E-state index in [2.05, 4.69) is 15.3 Å². The molecule has 3 rings (SSSR count). The van der Waals surface area contributed by atoms with E-state index in [1.807, 2.05) is 10.6 Å². The summed E-state index contributed by atoms with van der Waals surface area (Å²) in [5.74, 6) is 0.229. The number of rotatable bonds is 5. The molecule has 25 heavy (non-hydrogen) atoms. The van der Waals surface area contributed by atoms with Gasteiger partial charge in [0, 0.05) is 29.9 Å². The third kappa shape index (κ3) is 4.04. The number of hydrogen-bond acceptors (Lipinski definition) is 5. The molecule has 0 bridgehead atoms. The Balaban J connectivity index is 2.12. The second-order valence-electron chi connectivity index (χ2n) is 5.63. The standard InChI is InChI=1S/C15H15Cl2N5O2S/c1-9(7-25(18,23)24)20-13-6-12(22-5-4-19-8-22)10-2-3-11(16)14(17)15(10)21-13/h2-6,8-9H,7H2,1H3,(H,20,21)(H2,18,23,24)/t9-/m1/s1. The van der Waals surface area contributed by atoms with Crippen LogP contribution in [0.3, 0.4) is 0 Å². The number of benzene rings is 1. The number of aromatic nitrogens is 3. The molecule has 0 saturated carbocycles. The normalized spacial score (nSPS) is 13.1. The van der Waals surface area contributed by atoms with Gasteiger partial charge in [-0.25, -0.2) is 23.5 Å². The van der Waals surface area contributed by atoms with E-state index in [-0.39, 0.29) is 5.75 Å². The van der Waals surface area contributed by atoms with Crippen LogP contribution < -0.4 is 10.5 Å². The SMILES string of the molecule is C[C@H](CS(N)(=O)=O)Nc1cc(-n2ccnc2)c2ccc(Cl)c(Cl)c2n1. The molecule has 0 aliphatic rings. The van der Waals surface area contributed by atoms with Gasteiger partial charge in [0.05, 0.1) is 33.3 Å². The van der Waals surface area contributed by atoms with Crippen LogP contribution in [0.1, 0.15) is 6.92 Å². The second-order valence-corrected chi connectivity index (χ2v) is 8.07. The van der Waals surface area contributed by atoms with Crippen molar-refractivity contribution in [3.05, 3.63) is 47.0 Å². The molecule has 0 radical (unpaired) electrons. The molecule has 0 unspecified atom stereocenters. The van der Waals surface area contributed by atoms with Crippen LogP contribution in [0.2, 0.25) is 10.0 Å². The second kappa shape index (κ2) is 6.80. The molecule has 0 aliphatic carbocycles. The van der Waals surface area contributed by atoms with E-state index in [4.69, 9.17) is 28.3 Å². The number of halogens is 2. The monoisotopic (exact) mass is 399 g/mol. The first-order valence-electron chi connectivity index (χ1n) is 7.28. The fraction of sp³-hybridized carbons (Fsp3) is 0.200. The highest BCUT2D eigenvalue weighted by Crippen LogP contribution is 2.34. The van der Waals surface area contributed by atoms with Crippen LogP contribution >= 0.6 is 23.2 Å². The van der Waals surface area contributed by atoms with Crippen molar-refractivity contribution in [1.82, 2.24) is 14.5 Å². The number of nitrogens with two attached hydrogens (primary N) is 1. The number of sulfonamides is 1. The molecule has 1 atom stereocenters. The average Bonchev–Trinajstić information content (AvgIpc) is 3.03. The quantitative estimate of drug-likeness (QED) is 0.686. The number of hydrogen-bond donors (Lipinski definition) is 2. The van der Waals surface area contributed by atoms with Crippen LogP contribution in [-0.4, -0.2) is 34.7 Å². The Morgan fingerprint density at radius 2 is 2.12 bits per heavy atom. The number of imidazole rings is 1. The number of pyridine rings is 1. The number of fused-ring (bicyclic) bond motifs is 1. The summed E-state index contributed by atoms with van der Waals surface area (Å²) >= 11 is 12.4. The van der Waals surface area contributed by atoms with Gasteiger partial charge in [0.1, 0.15) is 5.82 Å². The van der Waals surface area contributed by atoms with E-state index < -0.39 is 16.1 Å². The maximum atomic E-state index is 11.3. The topological polar surface area (TPSA) is 103 Å². The van der Waals surface area contributed by atoms with E-state index in [9.17, 15) is 8.42 Å². The van der Waals surface area contributed by atoms with E-state index in [0.717, 1.165) is 11.1 Å². The fourth-order valence-corrected chi connectivity index (χ4v) is 3.69. The van der Waals surface area contributed by atoms with Crippen molar-refractivity contribution in [2.45, 2.75) is 13.0 Å². The van der Waals surface area contributed by atoms with E-state index in [1.54, 1.807) is 37.8 Å². The van der Waals surface area contributed by atoms with Gasteiger partial charge >= 0.3 is 0 Å². The number of nitrogens with one attached hydrogen (secondary N) is 1. The Labute approximate surface area is 154 Å². The van der Waals surface area contributed by atoms with E-state index in [0.29, 0.717) is 21.4 Å². The number of primary sulfonamides is 1. The lowest BCUT2D eigenvalue weighted by atomic mass is 10.1. The molecule has 3 aromatic rings. The highest BCUT2D eigenvalue weighted by molar-refractivity contribution is 7.89. The predicted octanol–water partition coefficient (Wildman–Crippen LogP) is 2.82. The van der Waals surface area contributed by atoms with Crippen molar-refractivity contribution in [3.8, 4) is 5.69 Å². The van der Waals surface area contributed by atoms with Crippen molar-refractivity contribution in [2.24, 2.45) is 5.14 Å². The zero-order valence-electron chi connectivity index (χ0n) is 13.1. The van der Waals surface area contributed by atoms with Gasteiger partial charge in [-0.15, -0.1) is 0 Å². The summed E-state index contributed by atoms with van der Waals surface area (Å²) in [7, 11) is -3.61. The Bertz CT molecular complexity index is 1020. The van der Waals surface area contributed by atoms with Crippen molar-refractivity contribution in [1.29, 1.82) is 0 Å². The minimum atomic E-state index is -3.61. The smallest absolute Gasteiger partial charge is 0.211 e. The van der Waals surface area contributed by atoms with E-state index >= 15 is 0 Å². The highest BCUT2D eigenvalue weighted by Gasteiger charge is 2.15. The summed E-state index contributed by atoms with van der Waals surface area (Å²) in [6.07, 6.45) is 5.09. The van der Waals surface area contributed by atoms with Crippen LogP contribution in [-0.2, 0) is 10.0 Å². The molecule has 0 aliphatic heterocycles. The van der Waals surface area contributed by atoms with Crippen LogP contribution in [0.4, 0.5) is 5.82 Å². The lowest BCUT2D eigenvalue weighted by Gasteiger charge is -2.16. The molecule has 0 spiro atoms. The van der Waals surface area contributed by atoms with Crippen molar-refractivity contribution < 1.29 is 8.42 Å². The van der Waals surface area contributed by atoms with Gasteiger partial charge in [-0.1, -0.05) is 23.2 Å². The van der Waals surface area contributed by atoms with E-state index in [1.165, 1.54) is 0 Å². The molecule has 7 nitrogen and oxygen atoms in total. The van der Waals surface area contributed by atoms with Gasteiger partial charge in [-0.2, -0.15) is 0 Å². The zero-order valence-corrected chi connectivity index (χ0v) is 15.5. The maximum Gasteiger partial charge on any atom is 0.211 e. The summed E-state index contributed by atoms with van der Waals surface area (Å²) in [4.78, 5) is 8.53. The molecule has 0 saturated heterocycles. The fourth-order valence-electron chi connectivity index (χ4n) is 2.55. The number of nitrogens with zero attached hydrogens (tertiary/aromatic N) is 3. The van der Waals surface area contributed by atoms with Crippen molar-refractivity contribution in [2.75, 3.05) is 11.1 Å². The molecule has 0 fully saturated rings. The van der Waals surface area contributed by atoms with Gasteiger partial charge in [-0.05, 0) is 19.1 Å². The Kier molecular flexibility index (Phi) is 4.88. The van der Waals surface area contributed by atoms with Crippen LogP contribution in [0.15, 0.2) is 36.9 Å². The first-order chi connectivity index (χ1) is 11.7. The number of anilines is 1. The lowest BCUT2D eigenvalue weighted by Crippen LogP contribution is -2.30. The van der Waals surface area contributed by atoms with Crippen LogP contribution in [0.25, 0.3) is 16.6 Å². The lowest BCUT2D eigenvalue weighted by molar-refractivity contribution is 0.593. The molecule has 10 heteroatoms. The third-order valence-electron chi connectivity index (χ3n) is 3.51. The molecular formula is C15H15Cl2N5O2S. The summed E-state index contributed by atoms with van der Waals surface area (Å²) in [6.45, 7) is 1.70. The molecule has 2 aromatic heterocycles. The van der Waals surface area contributed by atoms with Gasteiger partial charge in [0.2, 0.25) is 10.0 Å². The zero-order chi connectivity index (χ0) is 18.2. The highest BCUT2D eigenvalue weighted by atomic mass is 35.5. The van der Waals surface area contributed by atoms with Crippen LogP contribution in [0.5, 0.6) is 0 Å². The first-order valence-corrected chi connectivity index (χ1v) is 9.76. The van der Waals surface area contributed by atoms with Crippen LogP contribution in [0, 0.1) is 0 Å². The predicted molar refractivity (Wildman–Crippen MR) is 99.9 cm³/mol.